The standard InChI is InChI=1S/C17H20BrNS/c18-15-4-1-3-13(11-15)14(12-19-16-7-8-16)6-9-17-5-2-10-20-17/h1-5,10-11,14,16,19H,6-9,12H2. The van der Waals surface area contributed by atoms with Crippen LogP contribution in [-0.4, -0.2) is 12.6 Å². The van der Waals surface area contributed by atoms with E-state index in [-0.39, 0.29) is 0 Å². The van der Waals surface area contributed by atoms with Crippen molar-refractivity contribution >= 4 is 27.3 Å². The normalized spacial score (nSPS) is 16.2. The molecule has 1 atom stereocenters. The highest BCUT2D eigenvalue weighted by atomic mass is 79.9. The van der Waals surface area contributed by atoms with Gasteiger partial charge < -0.3 is 5.32 Å². The fourth-order valence-electron chi connectivity index (χ4n) is 2.51. The Bertz CT molecular complexity index is 534. The molecule has 3 heteroatoms. The first-order valence-corrected chi connectivity index (χ1v) is 9.00. The minimum Gasteiger partial charge on any atom is -0.313 e. The Morgan fingerprint density at radius 1 is 1.25 bits per heavy atom. The van der Waals surface area contributed by atoms with Crippen LogP contribution in [0.4, 0.5) is 0 Å². The molecule has 3 rings (SSSR count). The Kier molecular flexibility index (Phi) is 4.92. The fourth-order valence-corrected chi connectivity index (χ4v) is 3.66. The maximum atomic E-state index is 3.69. The summed E-state index contributed by atoms with van der Waals surface area (Å²) in [7, 11) is 0. The number of rotatable bonds is 7. The van der Waals surface area contributed by atoms with Gasteiger partial charge in [0.05, 0.1) is 0 Å². The Labute approximate surface area is 133 Å². The number of thiophene rings is 1. The van der Waals surface area contributed by atoms with Crippen LogP contribution in [0.25, 0.3) is 0 Å². The second-order valence-corrected chi connectivity index (χ2v) is 7.50. The van der Waals surface area contributed by atoms with Crippen molar-refractivity contribution in [3.63, 3.8) is 0 Å². The van der Waals surface area contributed by atoms with Crippen molar-refractivity contribution in [2.24, 2.45) is 0 Å². The van der Waals surface area contributed by atoms with Crippen molar-refractivity contribution < 1.29 is 0 Å². The van der Waals surface area contributed by atoms with Crippen molar-refractivity contribution in [2.45, 2.75) is 37.6 Å². The third-order valence-electron chi connectivity index (χ3n) is 3.87. The van der Waals surface area contributed by atoms with Gasteiger partial charge in [0.2, 0.25) is 0 Å². The lowest BCUT2D eigenvalue weighted by molar-refractivity contribution is 0.549. The summed E-state index contributed by atoms with van der Waals surface area (Å²) in [6.45, 7) is 1.10. The van der Waals surface area contributed by atoms with Crippen molar-refractivity contribution in [3.8, 4) is 0 Å². The van der Waals surface area contributed by atoms with Gasteiger partial charge in [0.1, 0.15) is 0 Å². The molecule has 0 amide bonds. The zero-order valence-electron chi connectivity index (χ0n) is 11.5. The number of aryl methyl sites for hydroxylation is 1. The van der Waals surface area contributed by atoms with Crippen molar-refractivity contribution in [1.29, 1.82) is 0 Å². The van der Waals surface area contributed by atoms with E-state index in [0.29, 0.717) is 5.92 Å². The average molecular weight is 350 g/mol. The van der Waals surface area contributed by atoms with Crippen molar-refractivity contribution in [2.75, 3.05) is 6.54 Å². The summed E-state index contributed by atoms with van der Waals surface area (Å²) < 4.78 is 1.18. The molecule has 1 nitrogen and oxygen atoms in total. The first kappa shape index (κ1) is 14.3. The predicted octanol–water partition coefficient (Wildman–Crippen LogP) is 4.98. The van der Waals surface area contributed by atoms with Crippen molar-refractivity contribution in [1.82, 2.24) is 5.32 Å². The minimum atomic E-state index is 0.607. The topological polar surface area (TPSA) is 12.0 Å². The SMILES string of the molecule is Brc1cccc(C(CCc2cccs2)CNC2CC2)c1. The Morgan fingerprint density at radius 2 is 2.15 bits per heavy atom. The molecule has 1 aromatic heterocycles. The third-order valence-corrected chi connectivity index (χ3v) is 5.30. The molecule has 1 aliphatic rings. The van der Waals surface area contributed by atoms with E-state index in [9.17, 15) is 0 Å². The van der Waals surface area contributed by atoms with Gasteiger partial charge in [-0.3, -0.25) is 0 Å². The van der Waals surface area contributed by atoms with Crippen LogP contribution in [0.2, 0.25) is 0 Å². The highest BCUT2D eigenvalue weighted by Crippen LogP contribution is 2.27. The van der Waals surface area contributed by atoms with Gasteiger partial charge in [-0.25, -0.2) is 0 Å². The molecule has 1 aliphatic carbocycles. The summed E-state index contributed by atoms with van der Waals surface area (Å²) in [5.41, 5.74) is 1.45. The Hall–Kier alpha value is -0.640. The lowest BCUT2D eigenvalue weighted by Crippen LogP contribution is -2.24. The van der Waals surface area contributed by atoms with Gasteiger partial charge in [0.15, 0.2) is 0 Å². The first-order valence-electron chi connectivity index (χ1n) is 7.32. The molecule has 1 N–H and O–H groups in total. The second kappa shape index (κ2) is 6.88. The van der Waals surface area contributed by atoms with E-state index >= 15 is 0 Å². The van der Waals surface area contributed by atoms with E-state index < -0.39 is 0 Å². The molecule has 0 aliphatic heterocycles. The van der Waals surface area contributed by atoms with Gasteiger partial charge in [0, 0.05) is 21.9 Å². The van der Waals surface area contributed by atoms with Gasteiger partial charge in [-0.15, -0.1) is 11.3 Å². The molecular formula is C17H20BrNS. The van der Waals surface area contributed by atoms with Crippen LogP contribution in [0.3, 0.4) is 0 Å². The molecule has 2 aromatic rings. The Morgan fingerprint density at radius 3 is 2.85 bits per heavy atom. The van der Waals surface area contributed by atoms with E-state index in [2.05, 4.69) is 63.0 Å². The summed E-state index contributed by atoms with van der Waals surface area (Å²) in [6, 6.07) is 14.0. The molecule has 0 bridgehead atoms. The average Bonchev–Trinajstić information content (AvgIpc) is 3.13. The lowest BCUT2D eigenvalue weighted by Gasteiger charge is -2.18. The van der Waals surface area contributed by atoms with Gasteiger partial charge in [-0.1, -0.05) is 34.1 Å². The first-order chi connectivity index (χ1) is 9.81. The number of hydrogen-bond donors (Lipinski definition) is 1. The minimum absolute atomic E-state index is 0.607. The van der Waals surface area contributed by atoms with Crippen LogP contribution in [0.15, 0.2) is 46.3 Å². The van der Waals surface area contributed by atoms with Crippen LogP contribution >= 0.6 is 27.3 Å². The highest BCUT2D eigenvalue weighted by molar-refractivity contribution is 9.10. The third kappa shape index (κ3) is 4.18. The number of halogens is 1. The predicted molar refractivity (Wildman–Crippen MR) is 90.5 cm³/mol. The smallest absolute Gasteiger partial charge is 0.0178 e. The van der Waals surface area contributed by atoms with Crippen LogP contribution in [0.5, 0.6) is 0 Å². The van der Waals surface area contributed by atoms with E-state index in [1.807, 2.05) is 11.3 Å². The van der Waals surface area contributed by atoms with Crippen LogP contribution in [0.1, 0.15) is 35.6 Å². The molecule has 0 spiro atoms. The van der Waals surface area contributed by atoms with Gasteiger partial charge in [0.25, 0.3) is 0 Å². The number of benzene rings is 1. The van der Waals surface area contributed by atoms with Crippen molar-refractivity contribution in [3.05, 3.63) is 56.7 Å². The summed E-state index contributed by atoms with van der Waals surface area (Å²) in [5, 5.41) is 5.87. The quantitative estimate of drug-likeness (QED) is 0.743. The number of hydrogen-bond acceptors (Lipinski definition) is 2. The summed E-state index contributed by atoms with van der Waals surface area (Å²) in [5.74, 6) is 0.607. The Balaban J connectivity index is 1.65. The molecular weight excluding hydrogens is 330 g/mol. The molecule has 20 heavy (non-hydrogen) atoms. The summed E-state index contributed by atoms with van der Waals surface area (Å²) in [6.07, 6.45) is 5.12. The molecule has 1 saturated carbocycles. The zero-order valence-corrected chi connectivity index (χ0v) is 13.9. The van der Waals surface area contributed by atoms with E-state index in [4.69, 9.17) is 0 Å². The largest absolute Gasteiger partial charge is 0.313 e. The van der Waals surface area contributed by atoms with Gasteiger partial charge in [-0.05, 0) is 60.7 Å². The number of nitrogens with one attached hydrogen (secondary N) is 1. The van der Waals surface area contributed by atoms with Crippen LogP contribution in [-0.2, 0) is 6.42 Å². The molecule has 1 aromatic carbocycles. The zero-order chi connectivity index (χ0) is 13.8. The van der Waals surface area contributed by atoms with Gasteiger partial charge in [-0.2, -0.15) is 0 Å². The highest BCUT2D eigenvalue weighted by Gasteiger charge is 2.22. The molecule has 106 valence electrons. The van der Waals surface area contributed by atoms with E-state index in [1.165, 1.54) is 40.6 Å². The molecule has 0 radical (unpaired) electrons. The molecule has 1 unspecified atom stereocenters. The fraction of sp³-hybridized carbons (Fsp3) is 0.412. The van der Waals surface area contributed by atoms with E-state index in [0.717, 1.165) is 12.6 Å². The molecule has 1 heterocycles. The summed E-state index contributed by atoms with van der Waals surface area (Å²) in [4.78, 5) is 1.50. The molecule has 1 fully saturated rings. The maximum absolute atomic E-state index is 3.69. The van der Waals surface area contributed by atoms with E-state index in [1.54, 1.807) is 0 Å². The summed E-state index contributed by atoms with van der Waals surface area (Å²) >= 11 is 5.46. The monoisotopic (exact) mass is 349 g/mol. The van der Waals surface area contributed by atoms with Crippen LogP contribution < -0.4 is 5.32 Å². The lowest BCUT2D eigenvalue weighted by atomic mass is 9.94. The second-order valence-electron chi connectivity index (χ2n) is 5.55. The maximum Gasteiger partial charge on any atom is 0.0178 e. The molecule has 0 saturated heterocycles. The van der Waals surface area contributed by atoms with Crippen LogP contribution in [0, 0.1) is 0 Å². The van der Waals surface area contributed by atoms with Gasteiger partial charge >= 0.3 is 0 Å².